The van der Waals surface area contributed by atoms with Gasteiger partial charge in [0.1, 0.15) is 12.0 Å². The van der Waals surface area contributed by atoms with E-state index in [0.29, 0.717) is 23.5 Å². The van der Waals surface area contributed by atoms with E-state index in [0.717, 1.165) is 5.76 Å². The van der Waals surface area contributed by atoms with E-state index in [4.69, 9.17) is 22.4 Å². The second kappa shape index (κ2) is 5.82. The Kier molecular flexibility index (Phi) is 4.69. The summed E-state index contributed by atoms with van der Waals surface area (Å²) in [6, 6.07) is 1.84. The Labute approximate surface area is 107 Å². The van der Waals surface area contributed by atoms with Crippen LogP contribution in [-0.2, 0) is 0 Å². The smallest absolute Gasteiger partial charge is 0.257 e. The van der Waals surface area contributed by atoms with E-state index >= 15 is 0 Å². The van der Waals surface area contributed by atoms with Crippen molar-refractivity contribution in [3.8, 4) is 0 Å². The standard InChI is InChI=1S/C12H18N2O2S/c1-8(2)14(5-4-11(13)17)12(15)10-6-9(3)16-7-10/h6-8H,4-5H2,1-3H3,(H2,13,17). The molecule has 17 heavy (non-hydrogen) atoms. The topological polar surface area (TPSA) is 59.5 Å². The van der Waals surface area contributed by atoms with Crippen LogP contribution in [0.3, 0.4) is 0 Å². The Hall–Kier alpha value is -1.36. The van der Waals surface area contributed by atoms with Crippen molar-refractivity contribution in [1.82, 2.24) is 4.90 Å². The van der Waals surface area contributed by atoms with Gasteiger partial charge < -0.3 is 15.1 Å². The highest BCUT2D eigenvalue weighted by atomic mass is 32.1. The molecule has 1 aromatic rings. The minimum Gasteiger partial charge on any atom is -0.469 e. The maximum Gasteiger partial charge on any atom is 0.257 e. The van der Waals surface area contributed by atoms with Gasteiger partial charge in [-0.1, -0.05) is 12.2 Å². The summed E-state index contributed by atoms with van der Waals surface area (Å²) >= 11 is 4.83. The number of rotatable bonds is 5. The normalized spacial score (nSPS) is 10.6. The Balaban J connectivity index is 2.77. The molecule has 0 aliphatic rings. The number of carbonyl (C=O) groups excluding carboxylic acids is 1. The molecule has 0 atom stereocenters. The highest BCUT2D eigenvalue weighted by Crippen LogP contribution is 2.12. The van der Waals surface area contributed by atoms with Gasteiger partial charge in [0, 0.05) is 19.0 Å². The van der Waals surface area contributed by atoms with Crippen LogP contribution in [0.5, 0.6) is 0 Å². The molecule has 1 amide bonds. The zero-order chi connectivity index (χ0) is 13.0. The lowest BCUT2D eigenvalue weighted by atomic mass is 10.2. The van der Waals surface area contributed by atoms with Crippen LogP contribution in [-0.4, -0.2) is 28.4 Å². The van der Waals surface area contributed by atoms with E-state index in [2.05, 4.69) is 0 Å². The average molecular weight is 254 g/mol. The minimum absolute atomic E-state index is 0.0481. The molecule has 0 saturated heterocycles. The Morgan fingerprint density at radius 1 is 1.59 bits per heavy atom. The van der Waals surface area contributed by atoms with Gasteiger partial charge >= 0.3 is 0 Å². The number of furan rings is 1. The Morgan fingerprint density at radius 3 is 2.65 bits per heavy atom. The van der Waals surface area contributed by atoms with Gasteiger partial charge in [0.05, 0.1) is 10.6 Å². The zero-order valence-electron chi connectivity index (χ0n) is 10.4. The van der Waals surface area contributed by atoms with E-state index in [1.54, 1.807) is 11.0 Å². The van der Waals surface area contributed by atoms with Crippen LogP contribution in [0.15, 0.2) is 16.7 Å². The molecular formula is C12H18N2O2S. The second-order valence-electron chi connectivity index (χ2n) is 4.25. The van der Waals surface area contributed by atoms with Crippen molar-refractivity contribution >= 4 is 23.1 Å². The average Bonchev–Trinajstić information content (AvgIpc) is 2.63. The SMILES string of the molecule is Cc1cc(C(=O)N(CCC(N)=S)C(C)C)co1. The molecule has 0 unspecified atom stereocenters. The van der Waals surface area contributed by atoms with E-state index < -0.39 is 0 Å². The molecule has 0 bridgehead atoms. The molecule has 1 aromatic heterocycles. The van der Waals surface area contributed by atoms with Crippen molar-refractivity contribution in [1.29, 1.82) is 0 Å². The van der Waals surface area contributed by atoms with Crippen LogP contribution >= 0.6 is 12.2 Å². The fourth-order valence-corrected chi connectivity index (χ4v) is 1.64. The molecule has 0 saturated carbocycles. The number of hydrogen-bond acceptors (Lipinski definition) is 3. The van der Waals surface area contributed by atoms with Gasteiger partial charge in [0.2, 0.25) is 0 Å². The van der Waals surface area contributed by atoms with Crippen molar-refractivity contribution in [2.75, 3.05) is 6.54 Å². The van der Waals surface area contributed by atoms with Gasteiger partial charge in [-0.25, -0.2) is 0 Å². The predicted octanol–water partition coefficient (Wildman–Crippen LogP) is 2.11. The summed E-state index contributed by atoms with van der Waals surface area (Å²) < 4.78 is 5.14. The largest absolute Gasteiger partial charge is 0.469 e. The quantitative estimate of drug-likeness (QED) is 0.818. The Morgan fingerprint density at radius 2 is 2.24 bits per heavy atom. The molecule has 1 heterocycles. The minimum atomic E-state index is -0.0481. The summed E-state index contributed by atoms with van der Waals surface area (Å²) in [5, 5.41) is 0. The monoisotopic (exact) mass is 254 g/mol. The lowest BCUT2D eigenvalue weighted by Gasteiger charge is -2.26. The summed E-state index contributed by atoms with van der Waals surface area (Å²) in [5.74, 6) is 0.680. The van der Waals surface area contributed by atoms with Gasteiger partial charge in [-0.15, -0.1) is 0 Å². The molecule has 4 nitrogen and oxygen atoms in total. The van der Waals surface area contributed by atoms with Crippen molar-refractivity contribution in [3.05, 3.63) is 23.7 Å². The third kappa shape index (κ3) is 3.85. The molecule has 0 aliphatic heterocycles. The number of nitrogens with two attached hydrogens (primary N) is 1. The van der Waals surface area contributed by atoms with Crippen molar-refractivity contribution in [2.45, 2.75) is 33.2 Å². The van der Waals surface area contributed by atoms with Gasteiger partial charge in [-0.2, -0.15) is 0 Å². The first-order chi connectivity index (χ1) is 7.91. The van der Waals surface area contributed by atoms with Crippen LogP contribution in [0, 0.1) is 6.92 Å². The first-order valence-electron chi connectivity index (χ1n) is 5.56. The van der Waals surface area contributed by atoms with Crippen molar-refractivity contribution in [2.24, 2.45) is 5.73 Å². The molecule has 0 spiro atoms. The zero-order valence-corrected chi connectivity index (χ0v) is 11.2. The number of carbonyl (C=O) groups is 1. The molecule has 1 rings (SSSR count). The summed E-state index contributed by atoms with van der Waals surface area (Å²) in [6.07, 6.45) is 2.02. The summed E-state index contributed by atoms with van der Waals surface area (Å²) in [4.78, 5) is 14.4. The first kappa shape index (κ1) is 13.7. The highest BCUT2D eigenvalue weighted by Gasteiger charge is 2.20. The maximum atomic E-state index is 12.2. The van der Waals surface area contributed by atoms with Gasteiger partial charge in [-0.3, -0.25) is 4.79 Å². The summed E-state index contributed by atoms with van der Waals surface area (Å²) in [6.45, 7) is 6.27. The molecule has 0 fully saturated rings. The van der Waals surface area contributed by atoms with E-state index in [1.807, 2.05) is 20.8 Å². The Bertz CT molecular complexity index is 412. The lowest BCUT2D eigenvalue weighted by Crippen LogP contribution is -2.38. The number of aryl methyl sites for hydroxylation is 1. The molecular weight excluding hydrogens is 236 g/mol. The van der Waals surface area contributed by atoms with Gasteiger partial charge in [-0.05, 0) is 26.8 Å². The second-order valence-corrected chi connectivity index (χ2v) is 4.78. The number of hydrogen-bond donors (Lipinski definition) is 1. The lowest BCUT2D eigenvalue weighted by molar-refractivity contribution is 0.0711. The molecule has 0 aliphatic carbocycles. The van der Waals surface area contributed by atoms with Crippen LogP contribution in [0.25, 0.3) is 0 Å². The highest BCUT2D eigenvalue weighted by molar-refractivity contribution is 7.80. The van der Waals surface area contributed by atoms with Crippen LogP contribution in [0.2, 0.25) is 0 Å². The van der Waals surface area contributed by atoms with Gasteiger partial charge in [0.25, 0.3) is 5.91 Å². The van der Waals surface area contributed by atoms with Crippen LogP contribution < -0.4 is 5.73 Å². The number of nitrogens with zero attached hydrogens (tertiary/aromatic N) is 1. The van der Waals surface area contributed by atoms with Crippen LogP contribution in [0.4, 0.5) is 0 Å². The predicted molar refractivity (Wildman–Crippen MR) is 71.0 cm³/mol. The fourth-order valence-electron chi connectivity index (χ4n) is 1.55. The van der Waals surface area contributed by atoms with E-state index in [1.165, 1.54) is 6.26 Å². The third-order valence-corrected chi connectivity index (χ3v) is 2.66. The number of amides is 1. The maximum absolute atomic E-state index is 12.2. The van der Waals surface area contributed by atoms with Crippen LogP contribution in [0.1, 0.15) is 36.4 Å². The van der Waals surface area contributed by atoms with Crippen molar-refractivity contribution < 1.29 is 9.21 Å². The van der Waals surface area contributed by atoms with Crippen molar-refractivity contribution in [3.63, 3.8) is 0 Å². The van der Waals surface area contributed by atoms with E-state index in [-0.39, 0.29) is 11.9 Å². The number of thiocarbonyl (C=S) groups is 1. The third-order valence-electron chi connectivity index (χ3n) is 2.46. The van der Waals surface area contributed by atoms with E-state index in [9.17, 15) is 4.79 Å². The first-order valence-corrected chi connectivity index (χ1v) is 5.97. The summed E-state index contributed by atoms with van der Waals surface area (Å²) in [7, 11) is 0. The molecule has 5 heteroatoms. The molecule has 2 N–H and O–H groups in total. The fraction of sp³-hybridized carbons (Fsp3) is 0.500. The molecule has 0 radical (unpaired) electrons. The summed E-state index contributed by atoms with van der Waals surface area (Å²) in [5.41, 5.74) is 6.03. The van der Waals surface area contributed by atoms with Gasteiger partial charge in [0.15, 0.2) is 0 Å². The molecule has 0 aromatic carbocycles. The molecule has 94 valence electrons.